The summed E-state index contributed by atoms with van der Waals surface area (Å²) in [4.78, 5) is 1.24. The van der Waals surface area contributed by atoms with Gasteiger partial charge in [-0.25, -0.2) is 0 Å². The van der Waals surface area contributed by atoms with Gasteiger partial charge in [0.25, 0.3) is 0 Å². The zero-order valence-corrected chi connectivity index (χ0v) is 14.6. The van der Waals surface area contributed by atoms with Gasteiger partial charge in [-0.05, 0) is 35.5 Å². The predicted octanol–water partition coefficient (Wildman–Crippen LogP) is 4.74. The summed E-state index contributed by atoms with van der Waals surface area (Å²) in [6.07, 6.45) is -4.43. The Morgan fingerprint density at radius 1 is 1.08 bits per heavy atom. The van der Waals surface area contributed by atoms with Gasteiger partial charge >= 0.3 is 6.18 Å². The van der Waals surface area contributed by atoms with E-state index in [2.05, 4.69) is 15.4 Å². The van der Waals surface area contributed by atoms with E-state index in [0.717, 1.165) is 12.1 Å². The fourth-order valence-corrected chi connectivity index (χ4v) is 2.58. The molecule has 0 aliphatic rings. The molecule has 10 heteroatoms. The van der Waals surface area contributed by atoms with Gasteiger partial charge in [0.1, 0.15) is 12.4 Å². The van der Waals surface area contributed by atoms with E-state index in [1.807, 2.05) is 0 Å². The maximum Gasteiger partial charge on any atom is 0.416 e. The first-order valence-corrected chi connectivity index (χ1v) is 8.12. The summed E-state index contributed by atoms with van der Waals surface area (Å²) in [7, 11) is 0. The lowest BCUT2D eigenvalue weighted by atomic mass is 10.1. The molecule has 2 aromatic carbocycles. The third-order valence-corrected chi connectivity index (χ3v) is 3.87. The quantitative estimate of drug-likeness (QED) is 0.618. The number of rotatable bonds is 5. The zero-order valence-electron chi connectivity index (χ0n) is 13.0. The lowest BCUT2D eigenvalue weighted by Gasteiger charge is -2.07. The molecule has 26 heavy (non-hydrogen) atoms. The highest BCUT2D eigenvalue weighted by Gasteiger charge is 2.30. The van der Waals surface area contributed by atoms with E-state index in [4.69, 9.17) is 27.9 Å². The van der Waals surface area contributed by atoms with Crippen LogP contribution in [-0.4, -0.2) is 26.8 Å². The van der Waals surface area contributed by atoms with Crippen molar-refractivity contribution in [2.24, 2.45) is 0 Å². The molecule has 3 aromatic rings. The molecule has 1 heterocycles. The molecule has 0 aliphatic heterocycles. The maximum atomic E-state index is 12.8. The molecule has 0 N–H and O–H groups in total. The van der Waals surface area contributed by atoms with Crippen molar-refractivity contribution in [2.75, 3.05) is 6.61 Å². The second-order valence-corrected chi connectivity index (χ2v) is 6.05. The van der Waals surface area contributed by atoms with Crippen molar-refractivity contribution in [3.05, 3.63) is 58.1 Å². The number of halogens is 5. The smallest absolute Gasteiger partial charge is 0.416 e. The van der Waals surface area contributed by atoms with Crippen molar-refractivity contribution >= 4 is 23.2 Å². The standard InChI is InChI=1S/C16H11Cl2F3N4O/c17-12-4-5-14(13(18)9-12)26-7-6-25-23-15(22-24-25)10-2-1-3-11(8-10)16(19,20)21/h1-5,8-9H,6-7H2. The summed E-state index contributed by atoms with van der Waals surface area (Å²) in [6, 6.07) is 9.57. The Labute approximate surface area is 156 Å². The first-order chi connectivity index (χ1) is 12.3. The van der Waals surface area contributed by atoms with E-state index >= 15 is 0 Å². The molecule has 0 saturated carbocycles. The highest BCUT2D eigenvalue weighted by Crippen LogP contribution is 2.31. The molecule has 0 bridgehead atoms. The van der Waals surface area contributed by atoms with Gasteiger partial charge in [-0.15, -0.1) is 10.2 Å². The number of hydrogen-bond acceptors (Lipinski definition) is 4. The van der Waals surface area contributed by atoms with Crippen LogP contribution in [0.25, 0.3) is 11.4 Å². The number of alkyl halides is 3. The molecule has 0 fully saturated rings. The average Bonchev–Trinajstić information content (AvgIpc) is 3.05. The third kappa shape index (κ3) is 4.44. The van der Waals surface area contributed by atoms with Gasteiger partial charge in [-0.1, -0.05) is 35.3 Å². The molecule has 0 atom stereocenters. The molecule has 0 unspecified atom stereocenters. The van der Waals surface area contributed by atoms with Gasteiger partial charge in [0.05, 0.1) is 17.1 Å². The minimum Gasteiger partial charge on any atom is -0.490 e. The molecule has 1 aromatic heterocycles. The van der Waals surface area contributed by atoms with Gasteiger partial charge < -0.3 is 4.74 Å². The van der Waals surface area contributed by atoms with E-state index in [1.165, 1.54) is 16.9 Å². The molecule has 0 amide bonds. The minimum absolute atomic E-state index is 0.0978. The zero-order chi connectivity index (χ0) is 18.7. The highest BCUT2D eigenvalue weighted by molar-refractivity contribution is 6.35. The largest absolute Gasteiger partial charge is 0.490 e. The SMILES string of the molecule is FC(F)(F)c1cccc(-c2nnn(CCOc3ccc(Cl)cc3Cl)n2)c1. The first-order valence-electron chi connectivity index (χ1n) is 7.36. The Hall–Kier alpha value is -2.32. The molecule has 136 valence electrons. The number of tetrazole rings is 1. The maximum absolute atomic E-state index is 12.8. The Bertz CT molecular complexity index is 915. The molecular weight excluding hydrogens is 392 g/mol. The van der Waals surface area contributed by atoms with Crippen LogP contribution in [0.5, 0.6) is 5.75 Å². The molecule has 3 rings (SSSR count). The Morgan fingerprint density at radius 2 is 1.88 bits per heavy atom. The van der Waals surface area contributed by atoms with Crippen molar-refractivity contribution in [3.8, 4) is 17.1 Å². The topological polar surface area (TPSA) is 52.8 Å². The third-order valence-electron chi connectivity index (χ3n) is 3.34. The van der Waals surface area contributed by atoms with E-state index < -0.39 is 11.7 Å². The van der Waals surface area contributed by atoms with Gasteiger partial charge in [0, 0.05) is 10.6 Å². The van der Waals surface area contributed by atoms with Crippen molar-refractivity contribution in [1.29, 1.82) is 0 Å². The molecule has 0 aliphatic carbocycles. The van der Waals surface area contributed by atoms with Crippen molar-refractivity contribution in [2.45, 2.75) is 12.7 Å². The summed E-state index contributed by atoms with van der Waals surface area (Å²) >= 11 is 11.8. The van der Waals surface area contributed by atoms with Crippen LogP contribution in [-0.2, 0) is 12.7 Å². The van der Waals surface area contributed by atoms with Crippen LogP contribution in [0.3, 0.4) is 0 Å². The number of benzene rings is 2. The summed E-state index contributed by atoms with van der Waals surface area (Å²) in [5.74, 6) is 0.551. The minimum atomic E-state index is -4.43. The van der Waals surface area contributed by atoms with Crippen LogP contribution in [0.4, 0.5) is 13.2 Å². The predicted molar refractivity (Wildman–Crippen MR) is 90.2 cm³/mol. The lowest BCUT2D eigenvalue weighted by Crippen LogP contribution is -2.11. The van der Waals surface area contributed by atoms with Gasteiger partial charge in [-0.2, -0.15) is 18.0 Å². The molecule has 5 nitrogen and oxygen atoms in total. The molecular formula is C16H11Cl2F3N4O. The van der Waals surface area contributed by atoms with Crippen LogP contribution in [0.2, 0.25) is 10.0 Å². The second-order valence-electron chi connectivity index (χ2n) is 5.21. The van der Waals surface area contributed by atoms with E-state index in [-0.39, 0.29) is 24.5 Å². The number of hydrogen-bond donors (Lipinski definition) is 0. The van der Waals surface area contributed by atoms with Crippen molar-refractivity contribution in [3.63, 3.8) is 0 Å². The molecule has 0 spiro atoms. The monoisotopic (exact) mass is 402 g/mol. The van der Waals surface area contributed by atoms with Crippen LogP contribution >= 0.6 is 23.2 Å². The van der Waals surface area contributed by atoms with E-state index in [0.29, 0.717) is 15.8 Å². The number of ether oxygens (including phenoxy) is 1. The summed E-state index contributed by atoms with van der Waals surface area (Å²) in [5, 5.41) is 12.5. The summed E-state index contributed by atoms with van der Waals surface area (Å²) in [6.45, 7) is 0.435. The Balaban J connectivity index is 1.65. The van der Waals surface area contributed by atoms with E-state index in [1.54, 1.807) is 18.2 Å². The first kappa shape index (κ1) is 18.5. The highest BCUT2D eigenvalue weighted by atomic mass is 35.5. The number of nitrogens with zero attached hydrogens (tertiary/aromatic N) is 4. The van der Waals surface area contributed by atoms with Crippen LogP contribution < -0.4 is 4.74 Å². The Morgan fingerprint density at radius 3 is 2.62 bits per heavy atom. The molecule has 0 saturated heterocycles. The van der Waals surface area contributed by atoms with E-state index in [9.17, 15) is 13.2 Å². The summed E-state index contributed by atoms with van der Waals surface area (Å²) in [5.41, 5.74) is -0.542. The van der Waals surface area contributed by atoms with Crippen LogP contribution in [0, 0.1) is 0 Å². The van der Waals surface area contributed by atoms with Crippen molar-refractivity contribution in [1.82, 2.24) is 20.2 Å². The van der Waals surface area contributed by atoms with Crippen molar-refractivity contribution < 1.29 is 17.9 Å². The molecule has 0 radical (unpaired) electrons. The summed E-state index contributed by atoms with van der Waals surface area (Å²) < 4.78 is 43.8. The lowest BCUT2D eigenvalue weighted by molar-refractivity contribution is -0.137. The second kappa shape index (κ2) is 7.51. The normalized spacial score (nSPS) is 11.6. The van der Waals surface area contributed by atoms with Gasteiger partial charge in [-0.3, -0.25) is 0 Å². The average molecular weight is 403 g/mol. The van der Waals surface area contributed by atoms with Crippen LogP contribution in [0.15, 0.2) is 42.5 Å². The van der Waals surface area contributed by atoms with Gasteiger partial charge in [0.2, 0.25) is 5.82 Å². The fourth-order valence-electron chi connectivity index (χ4n) is 2.12. The number of aromatic nitrogens is 4. The Kier molecular flexibility index (Phi) is 5.33. The fraction of sp³-hybridized carbons (Fsp3) is 0.188. The van der Waals surface area contributed by atoms with Crippen LogP contribution in [0.1, 0.15) is 5.56 Å². The van der Waals surface area contributed by atoms with Gasteiger partial charge in [0.15, 0.2) is 0 Å².